The molecule has 0 radical (unpaired) electrons. The van der Waals surface area contributed by atoms with Gasteiger partial charge in [-0.15, -0.1) is 0 Å². The van der Waals surface area contributed by atoms with Crippen LogP contribution in [0.3, 0.4) is 0 Å². The molecule has 0 unspecified atom stereocenters. The van der Waals surface area contributed by atoms with Crippen molar-refractivity contribution < 1.29 is 0 Å². The summed E-state index contributed by atoms with van der Waals surface area (Å²) in [5.41, 5.74) is 24.7. The lowest BCUT2D eigenvalue weighted by atomic mass is 10.1. The number of fused-ring (bicyclic) bond motifs is 9. The van der Waals surface area contributed by atoms with E-state index in [1.165, 1.54) is 144 Å². The molecule has 0 aliphatic rings. The van der Waals surface area contributed by atoms with Gasteiger partial charge in [-0.3, -0.25) is 0 Å². The van der Waals surface area contributed by atoms with Gasteiger partial charge in [0.05, 0.1) is 33.1 Å². The minimum Gasteiger partial charge on any atom is -0.311 e. The fourth-order valence-electron chi connectivity index (χ4n) is 13.5. The Bertz CT molecular complexity index is 5510. The predicted molar refractivity (Wildman–Crippen MR) is 428 cm³/mol. The third kappa shape index (κ3) is 14.1. The number of hydrogen-bond donors (Lipinski definition) is 0. The van der Waals surface area contributed by atoms with Crippen LogP contribution in [0.15, 0.2) is 388 Å². The highest BCUT2D eigenvalue weighted by Gasteiger charge is 2.16. The molecule has 3 aromatic heterocycles. The zero-order valence-corrected chi connectivity index (χ0v) is 57.2. The molecule has 0 saturated heterocycles. The molecule has 18 aromatic rings. The van der Waals surface area contributed by atoms with Crippen LogP contribution in [-0.4, -0.2) is 13.7 Å². The van der Waals surface area contributed by atoms with E-state index in [4.69, 9.17) is 0 Å². The van der Waals surface area contributed by atoms with Crippen molar-refractivity contribution in [3.05, 3.63) is 416 Å². The number of aryl methyl sites for hydroxylation is 5. The molecular formula is C95H79N5. The van der Waals surface area contributed by atoms with Gasteiger partial charge in [0.2, 0.25) is 0 Å². The van der Waals surface area contributed by atoms with Crippen molar-refractivity contribution in [1.29, 1.82) is 0 Å². The molecule has 0 N–H and O–H groups in total. The number of aromatic nitrogens is 3. The summed E-state index contributed by atoms with van der Waals surface area (Å²) in [5, 5.41) is 7.88. The van der Waals surface area contributed by atoms with Crippen molar-refractivity contribution in [2.75, 3.05) is 9.80 Å². The zero-order valence-electron chi connectivity index (χ0n) is 57.2. The van der Waals surface area contributed by atoms with Gasteiger partial charge >= 0.3 is 0 Å². The monoisotopic (exact) mass is 1290 g/mol. The molecule has 100 heavy (non-hydrogen) atoms. The highest BCUT2D eigenvalue weighted by atomic mass is 15.1. The average molecular weight is 1290 g/mol. The van der Waals surface area contributed by atoms with Gasteiger partial charge in [-0.05, 0) is 197 Å². The van der Waals surface area contributed by atoms with Gasteiger partial charge in [0, 0.05) is 83.5 Å². The Morgan fingerprint density at radius 2 is 0.420 bits per heavy atom. The molecule has 0 bridgehead atoms. The molecule has 484 valence electrons. The van der Waals surface area contributed by atoms with E-state index in [0.29, 0.717) is 0 Å². The molecule has 0 spiro atoms. The van der Waals surface area contributed by atoms with E-state index < -0.39 is 0 Å². The molecule has 0 atom stereocenters. The fourth-order valence-corrected chi connectivity index (χ4v) is 13.5. The third-order valence-corrected chi connectivity index (χ3v) is 18.2. The first-order chi connectivity index (χ1) is 49.2. The Morgan fingerprint density at radius 3 is 0.820 bits per heavy atom. The molecule has 0 saturated carbocycles. The molecule has 15 aromatic carbocycles. The van der Waals surface area contributed by atoms with Crippen LogP contribution in [0.5, 0.6) is 0 Å². The summed E-state index contributed by atoms with van der Waals surface area (Å²) in [4.78, 5) is 4.53. The standard InChI is InChI=1S/3C19H15N.2C19H17N/c1-14-7-6-8-15(13-14)20-18-11-4-2-9-16(18)17-10-3-5-12-19(17)20;1-14-10-12-15(13-11-14)20-18-8-4-2-6-16(18)17-7-3-5-9-19(17)20;1-14-11-12-19-17(13-14)16-9-5-6-10-18(16)20(19)15-7-3-2-4-8-15;1-16-9-8-14-19(15-16)20(17-10-4-2-5-11-17)18-12-6-3-7-13-18;1-16-12-14-19(15-13-16)20(17-8-4-2-5-9-17)18-10-6-3-7-11-18/h3*2-13H,1H3;2*2-15H,1H3. The minimum atomic E-state index is 1.17. The van der Waals surface area contributed by atoms with E-state index in [1.54, 1.807) is 0 Å². The van der Waals surface area contributed by atoms with Gasteiger partial charge in [0.25, 0.3) is 0 Å². The maximum Gasteiger partial charge on any atom is 0.0541 e. The van der Waals surface area contributed by atoms with Crippen LogP contribution in [0.4, 0.5) is 34.1 Å². The van der Waals surface area contributed by atoms with Crippen molar-refractivity contribution in [1.82, 2.24) is 13.7 Å². The van der Waals surface area contributed by atoms with Crippen LogP contribution >= 0.6 is 0 Å². The van der Waals surface area contributed by atoms with Crippen LogP contribution in [0.2, 0.25) is 0 Å². The number of para-hydroxylation sites is 10. The van der Waals surface area contributed by atoms with E-state index in [1.807, 2.05) is 24.3 Å². The van der Waals surface area contributed by atoms with E-state index in [-0.39, 0.29) is 0 Å². The number of rotatable bonds is 9. The van der Waals surface area contributed by atoms with E-state index in [0.717, 1.165) is 0 Å². The second kappa shape index (κ2) is 30.2. The van der Waals surface area contributed by atoms with E-state index in [2.05, 4.69) is 422 Å². The quantitative estimate of drug-likeness (QED) is 0.144. The third-order valence-electron chi connectivity index (χ3n) is 18.2. The molecule has 0 aliphatic carbocycles. The van der Waals surface area contributed by atoms with Gasteiger partial charge in [-0.1, -0.05) is 253 Å². The molecule has 5 nitrogen and oxygen atoms in total. The smallest absolute Gasteiger partial charge is 0.0541 e. The highest BCUT2D eigenvalue weighted by Crippen LogP contribution is 2.38. The second-order valence-corrected chi connectivity index (χ2v) is 25.3. The lowest BCUT2D eigenvalue weighted by Crippen LogP contribution is -2.09. The number of benzene rings is 15. The summed E-state index contributed by atoms with van der Waals surface area (Å²) in [6, 6.07) is 137. The topological polar surface area (TPSA) is 21.3 Å². The van der Waals surface area contributed by atoms with Crippen LogP contribution in [-0.2, 0) is 0 Å². The summed E-state index contributed by atoms with van der Waals surface area (Å²) in [6.07, 6.45) is 0. The van der Waals surface area contributed by atoms with Gasteiger partial charge in [0.15, 0.2) is 0 Å². The van der Waals surface area contributed by atoms with Gasteiger partial charge in [-0.25, -0.2) is 0 Å². The Hall–Kier alpha value is -12.7. The van der Waals surface area contributed by atoms with Crippen molar-refractivity contribution in [3.63, 3.8) is 0 Å². The van der Waals surface area contributed by atoms with Crippen LogP contribution < -0.4 is 9.80 Å². The Balaban J connectivity index is 0.000000106. The van der Waals surface area contributed by atoms with E-state index >= 15 is 0 Å². The SMILES string of the molecule is Cc1ccc(-n2c3ccccc3c3ccccc32)cc1.Cc1ccc(N(c2ccccc2)c2ccccc2)cc1.Cc1ccc2c(c1)c1ccccc1n2-c1ccccc1.Cc1cccc(-n2c3ccccc3c3ccccc32)c1.Cc1cccc(N(c2ccccc2)c2ccccc2)c1. The first kappa shape index (κ1) is 64.6. The molecule has 18 rings (SSSR count). The molecule has 3 heterocycles. The second-order valence-electron chi connectivity index (χ2n) is 25.3. The van der Waals surface area contributed by atoms with Gasteiger partial charge in [-0.2, -0.15) is 0 Å². The summed E-state index contributed by atoms with van der Waals surface area (Å²) in [7, 11) is 0. The number of hydrogen-bond acceptors (Lipinski definition) is 2. The largest absolute Gasteiger partial charge is 0.311 e. The Morgan fingerprint density at radius 1 is 0.160 bits per heavy atom. The lowest BCUT2D eigenvalue weighted by molar-refractivity contribution is 1.17. The Kier molecular flexibility index (Phi) is 19.5. The molecule has 0 amide bonds. The normalized spacial score (nSPS) is 10.8. The summed E-state index contributed by atoms with van der Waals surface area (Å²) in [6.45, 7) is 10.6. The molecule has 5 heteroatoms. The van der Waals surface area contributed by atoms with E-state index in [9.17, 15) is 0 Å². The first-order valence-corrected chi connectivity index (χ1v) is 34.3. The fraction of sp³-hybridized carbons (Fsp3) is 0.0526. The maximum atomic E-state index is 2.34. The number of anilines is 6. The van der Waals surface area contributed by atoms with Crippen molar-refractivity contribution in [2.24, 2.45) is 0 Å². The maximum absolute atomic E-state index is 2.34. The first-order valence-electron chi connectivity index (χ1n) is 34.3. The predicted octanol–water partition coefficient (Wildman–Crippen LogP) is 26.2. The van der Waals surface area contributed by atoms with Crippen LogP contribution in [0.25, 0.3) is 82.5 Å². The minimum absolute atomic E-state index is 1.17. The highest BCUT2D eigenvalue weighted by molar-refractivity contribution is 6.11. The van der Waals surface area contributed by atoms with Crippen LogP contribution in [0, 0.1) is 34.6 Å². The molecule has 0 aliphatic heterocycles. The van der Waals surface area contributed by atoms with Crippen molar-refractivity contribution in [2.45, 2.75) is 34.6 Å². The number of nitrogens with zero attached hydrogens (tertiary/aromatic N) is 5. The summed E-state index contributed by atoms with van der Waals surface area (Å²) < 4.78 is 7.02. The zero-order chi connectivity index (χ0) is 68.2. The van der Waals surface area contributed by atoms with Crippen LogP contribution in [0.1, 0.15) is 27.8 Å². The lowest BCUT2D eigenvalue weighted by Gasteiger charge is -2.25. The van der Waals surface area contributed by atoms with Crippen molar-refractivity contribution >= 4 is 99.5 Å². The Labute approximate surface area is 587 Å². The molecule has 0 fully saturated rings. The summed E-state index contributed by atoms with van der Waals surface area (Å²) >= 11 is 0. The summed E-state index contributed by atoms with van der Waals surface area (Å²) in [5.74, 6) is 0. The van der Waals surface area contributed by atoms with Crippen molar-refractivity contribution in [3.8, 4) is 17.1 Å². The van der Waals surface area contributed by atoms with Gasteiger partial charge in [0.1, 0.15) is 0 Å². The van der Waals surface area contributed by atoms with Gasteiger partial charge < -0.3 is 23.5 Å². The molecular weight excluding hydrogens is 1210 g/mol. The average Bonchev–Trinajstić information content (AvgIpc) is 1.61.